The first-order valence-corrected chi connectivity index (χ1v) is 8.90. The number of halogens is 3. The van der Waals surface area contributed by atoms with Crippen molar-refractivity contribution in [3.63, 3.8) is 0 Å². The highest BCUT2D eigenvalue weighted by Gasteiger charge is 2.38. The Morgan fingerprint density at radius 1 is 1.37 bits per heavy atom. The van der Waals surface area contributed by atoms with Crippen molar-refractivity contribution in [2.45, 2.75) is 38.0 Å². The Morgan fingerprint density at radius 3 is 2.85 bits per heavy atom. The van der Waals surface area contributed by atoms with Gasteiger partial charge in [-0.05, 0) is 31.4 Å². The molecule has 1 saturated carbocycles. The molecule has 12 heteroatoms. The topological polar surface area (TPSA) is 98.7 Å². The van der Waals surface area contributed by atoms with Crippen molar-refractivity contribution in [3.05, 3.63) is 35.1 Å². The molecule has 1 aliphatic carbocycles. The van der Waals surface area contributed by atoms with Crippen LogP contribution in [0.3, 0.4) is 0 Å². The van der Waals surface area contributed by atoms with Gasteiger partial charge in [-0.1, -0.05) is 5.16 Å². The van der Waals surface area contributed by atoms with Crippen molar-refractivity contribution in [1.82, 2.24) is 30.2 Å². The third kappa shape index (κ3) is 3.84. The average Bonchev–Trinajstić information content (AvgIpc) is 3.30. The molecule has 3 aromatic heterocycles. The van der Waals surface area contributed by atoms with E-state index in [1.807, 2.05) is 0 Å². The standard InChI is InChI=1S/C15H13F3N6O2S/c16-15(17,18)14-21-11(23-26-14)10-5-4-9(27-10)6-24-7-19-12(22-24)13(25)20-8-2-1-3-8/h4-5,7-8H,1-3,6H2,(H,20,25). The first kappa shape index (κ1) is 17.6. The molecule has 8 nitrogen and oxygen atoms in total. The number of aromatic nitrogens is 5. The van der Waals surface area contributed by atoms with Gasteiger partial charge in [0.2, 0.25) is 11.6 Å². The van der Waals surface area contributed by atoms with Crippen LogP contribution in [0.5, 0.6) is 0 Å². The molecule has 1 amide bonds. The highest BCUT2D eigenvalue weighted by Crippen LogP contribution is 2.31. The molecule has 0 spiro atoms. The summed E-state index contributed by atoms with van der Waals surface area (Å²) in [5.74, 6) is -1.73. The Hall–Kier alpha value is -2.76. The van der Waals surface area contributed by atoms with Crippen LogP contribution >= 0.6 is 11.3 Å². The van der Waals surface area contributed by atoms with Gasteiger partial charge in [0.05, 0.1) is 11.4 Å². The van der Waals surface area contributed by atoms with Crippen LogP contribution in [0, 0.1) is 0 Å². The average molecular weight is 398 g/mol. The summed E-state index contributed by atoms with van der Waals surface area (Å²) >= 11 is 1.20. The zero-order valence-corrected chi connectivity index (χ0v) is 14.5. The molecule has 0 aliphatic heterocycles. The number of alkyl halides is 3. The lowest BCUT2D eigenvalue weighted by molar-refractivity contribution is -0.159. The summed E-state index contributed by atoms with van der Waals surface area (Å²) in [6.07, 6.45) is -0.195. The molecule has 4 rings (SSSR count). The van der Waals surface area contributed by atoms with Crippen LogP contribution in [0.15, 0.2) is 23.0 Å². The molecule has 3 aromatic rings. The fraction of sp³-hybridized carbons (Fsp3) is 0.400. The van der Waals surface area contributed by atoms with Crippen LogP contribution in [0.1, 0.15) is 40.6 Å². The van der Waals surface area contributed by atoms with Gasteiger partial charge in [0, 0.05) is 10.9 Å². The summed E-state index contributed by atoms with van der Waals surface area (Å²) in [5.41, 5.74) is 0. The van der Waals surface area contributed by atoms with E-state index >= 15 is 0 Å². The third-order valence-electron chi connectivity index (χ3n) is 4.05. The van der Waals surface area contributed by atoms with Gasteiger partial charge in [-0.25, -0.2) is 9.67 Å². The number of thiophene rings is 1. The Balaban J connectivity index is 1.42. The predicted octanol–water partition coefficient (Wildman–Crippen LogP) is 2.74. The monoisotopic (exact) mass is 398 g/mol. The molecule has 0 saturated heterocycles. The third-order valence-corrected chi connectivity index (χ3v) is 5.11. The van der Waals surface area contributed by atoms with Crippen LogP contribution in [0.4, 0.5) is 13.2 Å². The van der Waals surface area contributed by atoms with Crippen LogP contribution in [-0.4, -0.2) is 36.9 Å². The normalized spacial score (nSPS) is 14.9. The summed E-state index contributed by atoms with van der Waals surface area (Å²) in [6, 6.07) is 3.52. The summed E-state index contributed by atoms with van der Waals surface area (Å²) in [5, 5.41) is 10.4. The second-order valence-electron chi connectivity index (χ2n) is 6.05. The minimum atomic E-state index is -4.68. The molecule has 142 valence electrons. The number of nitrogens with zero attached hydrogens (tertiary/aromatic N) is 5. The van der Waals surface area contributed by atoms with Crippen molar-refractivity contribution >= 4 is 17.2 Å². The lowest BCUT2D eigenvalue weighted by atomic mass is 9.93. The van der Waals surface area contributed by atoms with Crippen molar-refractivity contribution in [1.29, 1.82) is 0 Å². The molecule has 27 heavy (non-hydrogen) atoms. The van der Waals surface area contributed by atoms with Gasteiger partial charge < -0.3 is 9.84 Å². The van der Waals surface area contributed by atoms with E-state index in [4.69, 9.17) is 0 Å². The highest BCUT2D eigenvalue weighted by molar-refractivity contribution is 7.15. The van der Waals surface area contributed by atoms with Gasteiger partial charge in [0.25, 0.3) is 5.91 Å². The van der Waals surface area contributed by atoms with Gasteiger partial charge in [-0.15, -0.1) is 16.4 Å². The molecule has 1 fully saturated rings. The fourth-order valence-electron chi connectivity index (χ4n) is 2.46. The van der Waals surface area contributed by atoms with E-state index in [1.165, 1.54) is 22.3 Å². The number of carbonyl (C=O) groups is 1. The number of nitrogens with one attached hydrogen (secondary N) is 1. The van der Waals surface area contributed by atoms with Gasteiger partial charge in [-0.3, -0.25) is 4.79 Å². The summed E-state index contributed by atoms with van der Waals surface area (Å²) in [6.45, 7) is 0.318. The van der Waals surface area contributed by atoms with Gasteiger partial charge >= 0.3 is 12.1 Å². The molecule has 1 aliphatic rings. The second-order valence-corrected chi connectivity index (χ2v) is 7.22. The Labute approximate surface area is 154 Å². The van der Waals surface area contributed by atoms with E-state index in [0.29, 0.717) is 11.4 Å². The van der Waals surface area contributed by atoms with Crippen molar-refractivity contribution in [2.24, 2.45) is 0 Å². The van der Waals surface area contributed by atoms with Gasteiger partial charge in [0.1, 0.15) is 6.33 Å². The maximum atomic E-state index is 12.5. The molecular weight excluding hydrogens is 385 g/mol. The van der Waals surface area contributed by atoms with Crippen molar-refractivity contribution in [3.8, 4) is 10.7 Å². The lowest BCUT2D eigenvalue weighted by Gasteiger charge is -2.25. The first-order valence-electron chi connectivity index (χ1n) is 8.09. The zero-order chi connectivity index (χ0) is 19.0. The minimum Gasteiger partial charge on any atom is -0.347 e. The molecule has 1 N–H and O–H groups in total. The number of carbonyl (C=O) groups excluding carboxylic acids is 1. The van der Waals surface area contributed by atoms with Crippen LogP contribution in [-0.2, 0) is 12.7 Å². The summed E-state index contributed by atoms with van der Waals surface area (Å²) in [4.78, 5) is 20.6. The Kier molecular flexibility index (Phi) is 4.42. The van der Waals surface area contributed by atoms with E-state index in [2.05, 4.69) is 30.1 Å². The zero-order valence-electron chi connectivity index (χ0n) is 13.7. The van der Waals surface area contributed by atoms with Crippen molar-refractivity contribution < 1.29 is 22.5 Å². The number of rotatable bonds is 5. The quantitative estimate of drug-likeness (QED) is 0.710. The van der Waals surface area contributed by atoms with E-state index in [-0.39, 0.29) is 23.6 Å². The number of amides is 1. The Bertz CT molecular complexity index is 959. The maximum Gasteiger partial charge on any atom is 0.471 e. The Morgan fingerprint density at radius 2 is 2.19 bits per heavy atom. The number of hydrogen-bond acceptors (Lipinski definition) is 7. The van der Waals surface area contributed by atoms with E-state index in [9.17, 15) is 18.0 Å². The highest BCUT2D eigenvalue weighted by atomic mass is 32.1. The number of hydrogen-bond donors (Lipinski definition) is 1. The smallest absolute Gasteiger partial charge is 0.347 e. The SMILES string of the molecule is O=C(NC1CCC1)c1ncn(Cc2ccc(-c3noc(C(F)(F)F)n3)s2)n1. The molecule has 0 atom stereocenters. The molecular formula is C15H13F3N6O2S. The molecule has 0 radical (unpaired) electrons. The fourth-order valence-corrected chi connectivity index (χ4v) is 3.38. The van der Waals surface area contributed by atoms with E-state index < -0.39 is 12.1 Å². The van der Waals surface area contributed by atoms with Gasteiger partial charge in [0.15, 0.2) is 0 Å². The van der Waals surface area contributed by atoms with E-state index in [1.54, 1.807) is 12.1 Å². The molecule has 0 bridgehead atoms. The summed E-state index contributed by atoms with van der Waals surface area (Å²) < 4.78 is 43.3. The van der Waals surface area contributed by atoms with Crippen LogP contribution < -0.4 is 5.32 Å². The molecule has 0 unspecified atom stereocenters. The van der Waals surface area contributed by atoms with E-state index in [0.717, 1.165) is 24.1 Å². The molecule has 3 heterocycles. The lowest BCUT2D eigenvalue weighted by Crippen LogP contribution is -2.39. The predicted molar refractivity (Wildman–Crippen MR) is 86.8 cm³/mol. The van der Waals surface area contributed by atoms with Crippen LogP contribution in [0.25, 0.3) is 10.7 Å². The van der Waals surface area contributed by atoms with Crippen LogP contribution in [0.2, 0.25) is 0 Å². The minimum absolute atomic E-state index is 0.0895. The summed E-state index contributed by atoms with van der Waals surface area (Å²) in [7, 11) is 0. The largest absolute Gasteiger partial charge is 0.471 e. The maximum absolute atomic E-state index is 12.5. The van der Waals surface area contributed by atoms with Crippen molar-refractivity contribution in [2.75, 3.05) is 0 Å². The second kappa shape index (κ2) is 6.76. The van der Waals surface area contributed by atoms with Gasteiger partial charge in [-0.2, -0.15) is 18.2 Å². The first-order chi connectivity index (χ1) is 12.9. The molecule has 0 aromatic carbocycles.